The van der Waals surface area contributed by atoms with Gasteiger partial charge in [0.2, 0.25) is 0 Å². The third-order valence-electron chi connectivity index (χ3n) is 9.26. The topological polar surface area (TPSA) is 77.3 Å². The fourth-order valence-corrected chi connectivity index (χ4v) is 6.57. The van der Waals surface area contributed by atoms with Gasteiger partial charge in [-0.3, -0.25) is 4.98 Å². The summed E-state index contributed by atoms with van der Waals surface area (Å²) in [5.74, 6) is 2.29. The van der Waals surface area contributed by atoms with Crippen LogP contribution < -0.4 is 0 Å². The monoisotopic (exact) mass is 692 g/mol. The molecule has 0 N–H and O–H groups in total. The average molecular weight is 693 g/mol. The first kappa shape index (κ1) is 32.5. The maximum absolute atomic E-state index is 5.19. The summed E-state index contributed by atoms with van der Waals surface area (Å²) in [5.41, 5.74) is 11.1. The standard InChI is InChI=1S/C48H32N6/c1-5-16-33(17-6-1)34-27-29-35(30-28-34)42-32-43(51-45(50-42)36-18-7-2-8-19-36)40-25-14-13-24-39(40)41-26-15-31-49-44(41)48-53-46(37-20-9-3-10-21-37)52-47(54-48)38-22-11-4-12-23-38/h1-32H. The Kier molecular flexibility index (Phi) is 8.81. The van der Waals surface area contributed by atoms with E-state index in [2.05, 4.69) is 72.8 Å². The van der Waals surface area contributed by atoms with Gasteiger partial charge in [0.1, 0.15) is 5.69 Å². The summed E-state index contributed by atoms with van der Waals surface area (Å²) in [6, 6.07) is 63.4. The van der Waals surface area contributed by atoms with Gasteiger partial charge in [-0.25, -0.2) is 24.9 Å². The molecule has 3 aromatic heterocycles. The average Bonchev–Trinajstić information content (AvgIpc) is 3.27. The van der Waals surface area contributed by atoms with Crippen LogP contribution in [-0.2, 0) is 0 Å². The highest BCUT2D eigenvalue weighted by atomic mass is 15.0. The summed E-state index contributed by atoms with van der Waals surface area (Å²) in [5, 5.41) is 0. The highest BCUT2D eigenvalue weighted by molar-refractivity contribution is 5.89. The molecule has 0 radical (unpaired) electrons. The van der Waals surface area contributed by atoms with Crippen LogP contribution in [0.1, 0.15) is 0 Å². The summed E-state index contributed by atoms with van der Waals surface area (Å²) >= 11 is 0. The van der Waals surface area contributed by atoms with Crippen LogP contribution >= 0.6 is 0 Å². The first-order chi connectivity index (χ1) is 26.8. The second kappa shape index (κ2) is 14.7. The smallest absolute Gasteiger partial charge is 0.183 e. The third kappa shape index (κ3) is 6.67. The lowest BCUT2D eigenvalue weighted by molar-refractivity contribution is 1.06. The van der Waals surface area contributed by atoms with E-state index in [4.69, 9.17) is 29.9 Å². The third-order valence-corrected chi connectivity index (χ3v) is 9.26. The minimum atomic E-state index is 0.486. The number of nitrogens with zero attached hydrogens (tertiary/aromatic N) is 6. The Bertz CT molecular complexity index is 2630. The zero-order valence-electron chi connectivity index (χ0n) is 29.2. The molecule has 0 fully saturated rings. The van der Waals surface area contributed by atoms with Gasteiger partial charge in [-0.1, -0.05) is 176 Å². The van der Waals surface area contributed by atoms with Crippen molar-refractivity contribution in [3.63, 3.8) is 0 Å². The molecule has 0 unspecified atom stereocenters. The van der Waals surface area contributed by atoms with Gasteiger partial charge < -0.3 is 0 Å². The molecule has 0 spiro atoms. The molecule has 0 saturated carbocycles. The van der Waals surface area contributed by atoms with Gasteiger partial charge in [0.15, 0.2) is 23.3 Å². The molecule has 0 aliphatic heterocycles. The Morgan fingerprint density at radius 2 is 0.667 bits per heavy atom. The van der Waals surface area contributed by atoms with Crippen molar-refractivity contribution >= 4 is 0 Å². The Hall–Kier alpha value is -7.44. The molecule has 6 aromatic carbocycles. The number of pyridine rings is 1. The molecule has 0 aliphatic carbocycles. The number of rotatable bonds is 8. The van der Waals surface area contributed by atoms with E-state index in [1.807, 2.05) is 115 Å². The van der Waals surface area contributed by atoms with Crippen LogP contribution in [0.15, 0.2) is 194 Å². The Balaban J connectivity index is 1.20. The van der Waals surface area contributed by atoms with E-state index in [-0.39, 0.29) is 0 Å². The minimum Gasteiger partial charge on any atom is -0.252 e. The highest BCUT2D eigenvalue weighted by Crippen LogP contribution is 2.38. The lowest BCUT2D eigenvalue weighted by atomic mass is 9.95. The van der Waals surface area contributed by atoms with Crippen LogP contribution in [-0.4, -0.2) is 29.9 Å². The largest absolute Gasteiger partial charge is 0.252 e. The van der Waals surface area contributed by atoms with Crippen molar-refractivity contribution in [2.45, 2.75) is 0 Å². The molecule has 9 aromatic rings. The highest BCUT2D eigenvalue weighted by Gasteiger charge is 2.20. The maximum atomic E-state index is 5.19. The van der Waals surface area contributed by atoms with Crippen LogP contribution in [0, 0.1) is 0 Å². The van der Waals surface area contributed by atoms with Gasteiger partial charge in [-0.15, -0.1) is 0 Å². The zero-order valence-corrected chi connectivity index (χ0v) is 29.2. The lowest BCUT2D eigenvalue weighted by Gasteiger charge is -2.15. The molecule has 0 saturated heterocycles. The zero-order chi connectivity index (χ0) is 36.1. The van der Waals surface area contributed by atoms with E-state index in [1.165, 1.54) is 5.56 Å². The van der Waals surface area contributed by atoms with Crippen LogP contribution in [0.4, 0.5) is 0 Å². The molecule has 6 heteroatoms. The van der Waals surface area contributed by atoms with Crippen molar-refractivity contribution in [3.8, 4) is 90.5 Å². The summed E-state index contributed by atoms with van der Waals surface area (Å²) in [7, 11) is 0. The van der Waals surface area contributed by atoms with Gasteiger partial charge in [0.25, 0.3) is 0 Å². The van der Waals surface area contributed by atoms with E-state index in [0.717, 1.165) is 55.9 Å². The summed E-state index contributed by atoms with van der Waals surface area (Å²) in [6.07, 6.45) is 1.78. The molecule has 0 amide bonds. The quantitative estimate of drug-likeness (QED) is 0.158. The van der Waals surface area contributed by atoms with E-state index in [0.29, 0.717) is 29.0 Å². The number of aromatic nitrogens is 6. The first-order valence-electron chi connectivity index (χ1n) is 17.8. The molecule has 0 aliphatic rings. The molecule has 254 valence electrons. The fraction of sp³-hybridized carbons (Fsp3) is 0. The first-order valence-corrected chi connectivity index (χ1v) is 17.8. The molecular weight excluding hydrogens is 661 g/mol. The summed E-state index contributed by atoms with van der Waals surface area (Å²) < 4.78 is 0. The number of hydrogen-bond donors (Lipinski definition) is 0. The minimum absolute atomic E-state index is 0.486. The van der Waals surface area contributed by atoms with E-state index in [1.54, 1.807) is 6.20 Å². The van der Waals surface area contributed by atoms with Gasteiger partial charge >= 0.3 is 0 Å². The molecule has 0 bridgehead atoms. The van der Waals surface area contributed by atoms with Crippen LogP contribution in [0.25, 0.3) is 90.5 Å². The van der Waals surface area contributed by atoms with Gasteiger partial charge in [-0.05, 0) is 28.8 Å². The molecule has 6 nitrogen and oxygen atoms in total. The number of benzene rings is 6. The van der Waals surface area contributed by atoms with Crippen LogP contribution in [0.2, 0.25) is 0 Å². The van der Waals surface area contributed by atoms with Gasteiger partial charge in [0, 0.05) is 39.6 Å². The molecule has 54 heavy (non-hydrogen) atoms. The Morgan fingerprint density at radius 3 is 1.24 bits per heavy atom. The van der Waals surface area contributed by atoms with Crippen molar-refractivity contribution in [3.05, 3.63) is 194 Å². The second-order valence-corrected chi connectivity index (χ2v) is 12.8. The van der Waals surface area contributed by atoms with E-state index in [9.17, 15) is 0 Å². The molecular formula is C48H32N6. The maximum Gasteiger partial charge on any atom is 0.183 e. The molecule has 9 rings (SSSR count). The van der Waals surface area contributed by atoms with Crippen molar-refractivity contribution in [2.24, 2.45) is 0 Å². The summed E-state index contributed by atoms with van der Waals surface area (Å²) in [6.45, 7) is 0. The number of hydrogen-bond acceptors (Lipinski definition) is 6. The second-order valence-electron chi connectivity index (χ2n) is 12.8. The predicted molar refractivity (Wildman–Crippen MR) is 217 cm³/mol. The van der Waals surface area contributed by atoms with Crippen LogP contribution in [0.3, 0.4) is 0 Å². The normalized spacial score (nSPS) is 11.0. The van der Waals surface area contributed by atoms with Gasteiger partial charge in [0.05, 0.1) is 11.4 Å². The van der Waals surface area contributed by atoms with Crippen molar-refractivity contribution in [1.82, 2.24) is 29.9 Å². The van der Waals surface area contributed by atoms with Crippen LogP contribution in [0.5, 0.6) is 0 Å². The van der Waals surface area contributed by atoms with E-state index < -0.39 is 0 Å². The Morgan fingerprint density at radius 1 is 0.259 bits per heavy atom. The fourth-order valence-electron chi connectivity index (χ4n) is 6.57. The van der Waals surface area contributed by atoms with E-state index >= 15 is 0 Å². The summed E-state index contributed by atoms with van der Waals surface area (Å²) in [4.78, 5) is 30.1. The Labute approximate surface area is 313 Å². The molecule has 3 heterocycles. The van der Waals surface area contributed by atoms with Gasteiger partial charge in [-0.2, -0.15) is 0 Å². The van der Waals surface area contributed by atoms with Crippen molar-refractivity contribution < 1.29 is 0 Å². The molecule has 0 atom stereocenters. The lowest BCUT2D eigenvalue weighted by Crippen LogP contribution is -2.02. The van der Waals surface area contributed by atoms with Crippen molar-refractivity contribution in [2.75, 3.05) is 0 Å². The SMILES string of the molecule is c1ccc(-c2ccc(-c3cc(-c4ccccc4-c4cccnc4-c4nc(-c5ccccc5)nc(-c5ccccc5)n4)nc(-c4ccccc4)n3)cc2)cc1. The van der Waals surface area contributed by atoms with Crippen molar-refractivity contribution in [1.29, 1.82) is 0 Å². The predicted octanol–water partition coefficient (Wildman–Crippen LogP) is 11.4.